The zero-order valence-corrected chi connectivity index (χ0v) is 17.4. The molecule has 1 aromatic heterocycles. The van der Waals surface area contributed by atoms with Gasteiger partial charge in [0.15, 0.2) is 23.1 Å². The molecule has 2 heterocycles. The highest BCUT2D eigenvalue weighted by molar-refractivity contribution is 5.94. The molecular weight excluding hydrogens is 401 g/mol. The van der Waals surface area contributed by atoms with Gasteiger partial charge in [0, 0.05) is 50.3 Å². The van der Waals surface area contributed by atoms with Crippen LogP contribution in [0.1, 0.15) is 69.5 Å². The molecule has 0 saturated heterocycles. The van der Waals surface area contributed by atoms with Crippen LogP contribution in [-0.2, 0) is 11.2 Å². The first-order valence-electron chi connectivity index (χ1n) is 14.5. The molecule has 0 saturated carbocycles. The monoisotopic (exact) mass is 441 g/mol. The number of pyridine rings is 1. The van der Waals surface area contributed by atoms with E-state index in [2.05, 4.69) is 0 Å². The van der Waals surface area contributed by atoms with E-state index in [0.29, 0.717) is 23.8 Å². The fourth-order valence-electron chi connectivity index (χ4n) is 3.50. The Morgan fingerprint density at radius 2 is 2.03 bits per heavy atom. The van der Waals surface area contributed by atoms with E-state index < -0.39 is 66.7 Å². The van der Waals surface area contributed by atoms with Gasteiger partial charge >= 0.3 is 0 Å². The molecule has 0 fully saturated rings. The quantitative estimate of drug-likeness (QED) is 0.470. The van der Waals surface area contributed by atoms with Crippen LogP contribution in [0.15, 0.2) is 23.1 Å². The van der Waals surface area contributed by atoms with Gasteiger partial charge in [0.05, 0.1) is 26.3 Å². The third kappa shape index (κ3) is 4.37. The van der Waals surface area contributed by atoms with E-state index in [1.54, 1.807) is 0 Å². The van der Waals surface area contributed by atoms with Crippen LogP contribution in [0.25, 0.3) is 11.3 Å². The van der Waals surface area contributed by atoms with E-state index in [9.17, 15) is 11.0 Å². The molecule has 3 rings (SSSR count). The summed E-state index contributed by atoms with van der Waals surface area (Å²) < 4.78 is 116. The summed E-state index contributed by atoms with van der Waals surface area (Å²) in [7, 11) is 2.78. The minimum Gasteiger partial charge on any atom is -0.493 e. The van der Waals surface area contributed by atoms with Crippen molar-refractivity contribution < 1.29 is 37.1 Å². The summed E-state index contributed by atoms with van der Waals surface area (Å²) in [5, 5.41) is 0. The lowest BCUT2D eigenvalue weighted by molar-refractivity contribution is 0.101. The zero-order chi connectivity index (χ0) is 31.3. The molecule has 1 aliphatic rings. The molecule has 6 nitrogen and oxygen atoms in total. The maximum Gasteiger partial charge on any atom is 0.228 e. The maximum absolute atomic E-state index is 16.0. The fourth-order valence-corrected chi connectivity index (χ4v) is 3.50. The number of rotatable bonds is 7. The number of carbonyl (C=O) groups excluding carboxylic acids is 1. The molecule has 0 radical (unpaired) electrons. The Hall–Kier alpha value is -2.67. The van der Waals surface area contributed by atoms with Gasteiger partial charge in [-0.3, -0.25) is 9.59 Å². The van der Waals surface area contributed by atoms with Crippen molar-refractivity contribution in [2.75, 3.05) is 27.4 Å². The largest absolute Gasteiger partial charge is 0.493 e. The van der Waals surface area contributed by atoms with Gasteiger partial charge in [-0.05, 0) is 36.5 Å². The second-order valence-corrected chi connectivity index (χ2v) is 7.19. The summed E-state index contributed by atoms with van der Waals surface area (Å²) in [5.74, 6) is -2.44. The molecule has 0 amide bonds. The highest BCUT2D eigenvalue weighted by atomic mass is 19.1. The minimum absolute atomic E-state index is 0.0569. The molecule has 0 unspecified atom stereocenters. The van der Waals surface area contributed by atoms with E-state index in [-0.39, 0.29) is 29.2 Å². The molecular formula is C24H30FNO5. The van der Waals surface area contributed by atoms with Gasteiger partial charge in [0.25, 0.3) is 0 Å². The van der Waals surface area contributed by atoms with Crippen LogP contribution in [0, 0.1) is 11.2 Å². The maximum atomic E-state index is 16.0. The lowest BCUT2D eigenvalue weighted by Gasteiger charge is -2.39. The molecule has 31 heavy (non-hydrogen) atoms. The van der Waals surface area contributed by atoms with Gasteiger partial charge in [0.2, 0.25) is 5.43 Å². The van der Waals surface area contributed by atoms with Crippen LogP contribution in [0.5, 0.6) is 11.5 Å². The number of benzene rings is 1. The second-order valence-electron chi connectivity index (χ2n) is 7.19. The van der Waals surface area contributed by atoms with E-state index in [4.69, 9.17) is 26.5 Å². The van der Waals surface area contributed by atoms with Crippen molar-refractivity contribution in [3.8, 4) is 22.8 Å². The normalized spacial score (nSPS) is 23.6. The molecule has 168 valence electrons. The number of aromatic nitrogens is 1. The highest BCUT2D eigenvalue weighted by Gasteiger charge is 2.36. The molecule has 1 aromatic carbocycles. The molecule has 0 aliphatic carbocycles. The van der Waals surface area contributed by atoms with Gasteiger partial charge in [-0.15, -0.1) is 0 Å². The van der Waals surface area contributed by atoms with Crippen LogP contribution in [0.4, 0.5) is 4.39 Å². The number of methoxy groups -OCH3 is 2. The van der Waals surface area contributed by atoms with Crippen molar-refractivity contribution in [1.29, 1.82) is 0 Å². The Kier molecular flexibility index (Phi) is 3.70. The number of ether oxygens (including phenoxy) is 3. The lowest BCUT2D eigenvalue weighted by atomic mass is 9.78. The third-order valence-electron chi connectivity index (χ3n) is 5.01. The number of halogens is 1. The Morgan fingerprint density at radius 3 is 2.65 bits per heavy atom. The van der Waals surface area contributed by atoms with Crippen molar-refractivity contribution in [2.24, 2.45) is 5.41 Å². The number of ketones is 1. The number of carbonyl (C=O) groups is 1. The van der Waals surface area contributed by atoms with Crippen molar-refractivity contribution in [3.63, 3.8) is 0 Å². The topological polar surface area (TPSA) is 66.8 Å². The van der Waals surface area contributed by atoms with E-state index >= 15 is 4.39 Å². The predicted molar refractivity (Wildman–Crippen MR) is 117 cm³/mol. The average molecular weight is 442 g/mol. The van der Waals surface area contributed by atoms with Gasteiger partial charge in [-0.2, -0.15) is 0 Å². The first-order valence-corrected chi connectivity index (χ1v) is 9.51. The Balaban J connectivity index is 2.55. The number of fused-ring (bicyclic) bond motifs is 3. The van der Waals surface area contributed by atoms with Gasteiger partial charge < -0.3 is 18.8 Å². The first kappa shape index (κ1) is 13.0. The van der Waals surface area contributed by atoms with Crippen molar-refractivity contribution in [3.05, 3.63) is 45.5 Å². The van der Waals surface area contributed by atoms with Crippen LogP contribution in [-0.4, -0.2) is 37.8 Å². The predicted octanol–water partition coefficient (Wildman–Crippen LogP) is 4.42. The standard InChI is InChI=1S/C24H30FNO5/c1-14(27)17-13-26-20(24(2,3)4)11-15-10-19(31-9-7-8-29-5)18(30-6)12-16(15)22(26)21(25)23(17)28/h10,12-13,20H,7-9,11H2,1-6H3/t20-/m0/s1/i2D3,3D3,4D3,20D. The van der Waals surface area contributed by atoms with Gasteiger partial charge in [-0.1, -0.05) is 20.6 Å². The Morgan fingerprint density at radius 1 is 1.29 bits per heavy atom. The fraction of sp³-hybridized carbons (Fsp3) is 0.500. The zero-order valence-electron chi connectivity index (χ0n) is 27.4. The van der Waals surface area contributed by atoms with Crippen LogP contribution in [0.2, 0.25) is 0 Å². The highest BCUT2D eigenvalue weighted by Crippen LogP contribution is 2.46. The average Bonchev–Trinajstić information content (AvgIpc) is 2.80. The molecule has 0 N–H and O–H groups in total. The molecule has 2 aromatic rings. The second kappa shape index (κ2) is 8.83. The van der Waals surface area contributed by atoms with Crippen molar-refractivity contribution in [1.82, 2.24) is 4.57 Å². The van der Waals surface area contributed by atoms with Crippen LogP contribution >= 0.6 is 0 Å². The Bertz CT molecular complexity index is 1360. The minimum atomic E-state index is -3.86. The number of Topliss-reactive ketones (excluding diaryl/α,β-unsaturated/α-hetero) is 1. The lowest BCUT2D eigenvalue weighted by Crippen LogP contribution is -2.34. The summed E-state index contributed by atoms with van der Waals surface area (Å²) in [6.07, 6.45) is 0.223. The first-order chi connectivity index (χ1) is 18.7. The van der Waals surface area contributed by atoms with Crippen LogP contribution in [0.3, 0.4) is 0 Å². The van der Waals surface area contributed by atoms with E-state index in [1.807, 2.05) is 0 Å². The number of hydrogen-bond acceptors (Lipinski definition) is 5. The van der Waals surface area contributed by atoms with Crippen molar-refractivity contribution >= 4 is 5.78 Å². The molecule has 1 aliphatic heterocycles. The number of nitrogens with zero attached hydrogens (tertiary/aromatic N) is 1. The summed E-state index contributed by atoms with van der Waals surface area (Å²) in [6, 6.07) is -0.693. The molecule has 1 atom stereocenters. The Labute approximate surface area is 196 Å². The molecule has 7 heteroatoms. The number of hydrogen-bond donors (Lipinski definition) is 0. The smallest absolute Gasteiger partial charge is 0.228 e. The van der Waals surface area contributed by atoms with Gasteiger partial charge in [-0.25, -0.2) is 4.39 Å². The SMILES string of the molecule is [2H]C([2H])([2H])C(C([2H])([2H])[2H])(C([2H])([2H])[2H])[C@]1([2H])Cc2cc(OCCCOC)c(OC)cc2-c2c(F)c(=O)c(C(C)=O)cn21. The summed E-state index contributed by atoms with van der Waals surface area (Å²) in [4.78, 5) is 25.2. The van der Waals surface area contributed by atoms with E-state index in [1.165, 1.54) is 26.4 Å². The van der Waals surface area contributed by atoms with Crippen LogP contribution < -0.4 is 14.9 Å². The summed E-state index contributed by atoms with van der Waals surface area (Å²) >= 11 is 0. The summed E-state index contributed by atoms with van der Waals surface area (Å²) in [6.45, 7) is -10.2. The van der Waals surface area contributed by atoms with Gasteiger partial charge in [0.1, 0.15) is 0 Å². The summed E-state index contributed by atoms with van der Waals surface area (Å²) in [5.41, 5.74) is -6.97. The van der Waals surface area contributed by atoms with E-state index in [0.717, 1.165) is 6.92 Å². The molecule has 0 bridgehead atoms. The van der Waals surface area contributed by atoms with Crippen molar-refractivity contribution in [2.45, 2.75) is 46.3 Å². The third-order valence-corrected chi connectivity index (χ3v) is 5.01. The molecule has 0 spiro atoms.